The Balaban J connectivity index is 1.32. The van der Waals surface area contributed by atoms with Gasteiger partial charge in [0.2, 0.25) is 0 Å². The lowest BCUT2D eigenvalue weighted by atomic mass is 10.0. The molecule has 2 aliphatic rings. The Kier molecular flexibility index (Phi) is 5.76. The van der Waals surface area contributed by atoms with Gasteiger partial charge in [-0.1, -0.05) is 18.2 Å². The number of amides is 1. The Bertz CT molecular complexity index is 1260. The number of aromatic amines is 1. The molecule has 1 fully saturated rings. The van der Waals surface area contributed by atoms with Gasteiger partial charge in [-0.15, -0.1) is 0 Å². The number of rotatable bonds is 4. The van der Waals surface area contributed by atoms with Gasteiger partial charge in [-0.05, 0) is 50.6 Å². The zero-order valence-corrected chi connectivity index (χ0v) is 18.6. The highest BCUT2D eigenvalue weighted by molar-refractivity contribution is 5.94. The summed E-state index contributed by atoms with van der Waals surface area (Å²) in [6.45, 7) is 5.01. The van der Waals surface area contributed by atoms with Gasteiger partial charge in [-0.2, -0.15) is 0 Å². The number of aryl methyl sites for hydroxylation is 1. The second kappa shape index (κ2) is 8.86. The van der Waals surface area contributed by atoms with Crippen LogP contribution in [0.5, 0.6) is 0 Å². The molecule has 5 rings (SSSR count). The van der Waals surface area contributed by atoms with E-state index in [0.29, 0.717) is 30.0 Å². The van der Waals surface area contributed by atoms with Gasteiger partial charge in [-0.25, -0.2) is 9.37 Å². The third-order valence-electron chi connectivity index (χ3n) is 6.47. The van der Waals surface area contributed by atoms with Crippen LogP contribution >= 0.6 is 0 Å². The molecule has 1 aromatic carbocycles. The highest BCUT2D eigenvalue weighted by Crippen LogP contribution is 2.27. The summed E-state index contributed by atoms with van der Waals surface area (Å²) in [5.74, 6) is -0.133. The third kappa shape index (κ3) is 4.43. The Morgan fingerprint density at radius 3 is 2.82 bits per heavy atom. The van der Waals surface area contributed by atoms with Gasteiger partial charge < -0.3 is 9.88 Å². The van der Waals surface area contributed by atoms with Gasteiger partial charge in [-0.3, -0.25) is 19.5 Å². The van der Waals surface area contributed by atoms with E-state index in [-0.39, 0.29) is 29.5 Å². The first-order chi connectivity index (χ1) is 16.0. The molecule has 1 saturated heterocycles. The Hall–Kier alpha value is -3.39. The highest BCUT2D eigenvalue weighted by Gasteiger charge is 2.30. The van der Waals surface area contributed by atoms with Gasteiger partial charge in [0.25, 0.3) is 11.5 Å². The van der Waals surface area contributed by atoms with E-state index >= 15 is 0 Å². The number of aromatic nitrogens is 3. The predicted molar refractivity (Wildman–Crippen MR) is 121 cm³/mol. The summed E-state index contributed by atoms with van der Waals surface area (Å²) in [6, 6.07) is 12.0. The van der Waals surface area contributed by atoms with Crippen molar-refractivity contribution < 1.29 is 9.18 Å². The minimum Gasteiger partial charge on any atom is -0.332 e. The third-order valence-corrected chi connectivity index (χ3v) is 6.47. The van der Waals surface area contributed by atoms with Crippen molar-refractivity contribution in [3.8, 4) is 0 Å². The van der Waals surface area contributed by atoms with Crippen LogP contribution in [0.3, 0.4) is 0 Å². The SMILES string of the molecule is Cc1cccc(CN2CCC(c3nc4c(c(=O)[nH]3)CCN(C(=O)c3ccccc3F)C4)C2)n1. The quantitative estimate of drug-likeness (QED) is 0.665. The summed E-state index contributed by atoms with van der Waals surface area (Å²) < 4.78 is 14.1. The van der Waals surface area contributed by atoms with Gasteiger partial charge in [0.15, 0.2) is 0 Å². The predicted octanol–water partition coefficient (Wildman–Crippen LogP) is 2.80. The summed E-state index contributed by atoms with van der Waals surface area (Å²) in [5.41, 5.74) is 3.18. The van der Waals surface area contributed by atoms with Crippen molar-refractivity contribution in [1.29, 1.82) is 0 Å². The Morgan fingerprint density at radius 2 is 2.00 bits per heavy atom. The molecule has 3 aromatic rings. The number of benzene rings is 1. The van der Waals surface area contributed by atoms with Crippen molar-refractivity contribution in [2.24, 2.45) is 0 Å². The summed E-state index contributed by atoms with van der Waals surface area (Å²) in [7, 11) is 0. The number of halogens is 1. The molecule has 7 nitrogen and oxygen atoms in total. The fraction of sp³-hybridized carbons (Fsp3) is 0.360. The monoisotopic (exact) mass is 447 g/mol. The largest absolute Gasteiger partial charge is 0.332 e. The molecule has 33 heavy (non-hydrogen) atoms. The number of hydrogen-bond acceptors (Lipinski definition) is 5. The molecular weight excluding hydrogens is 421 g/mol. The zero-order valence-electron chi connectivity index (χ0n) is 18.6. The van der Waals surface area contributed by atoms with Crippen LogP contribution in [0.4, 0.5) is 4.39 Å². The topological polar surface area (TPSA) is 82.2 Å². The summed E-state index contributed by atoms with van der Waals surface area (Å²) in [4.78, 5) is 41.9. The summed E-state index contributed by atoms with van der Waals surface area (Å²) in [5, 5.41) is 0. The fourth-order valence-corrected chi connectivity index (χ4v) is 4.75. The van der Waals surface area contributed by atoms with E-state index in [1.165, 1.54) is 12.1 Å². The molecule has 1 atom stereocenters. The maximum atomic E-state index is 14.1. The number of carbonyl (C=O) groups is 1. The molecule has 0 saturated carbocycles. The Labute approximate surface area is 191 Å². The van der Waals surface area contributed by atoms with Gasteiger partial charge in [0, 0.05) is 36.8 Å². The summed E-state index contributed by atoms with van der Waals surface area (Å²) in [6.07, 6.45) is 1.30. The zero-order chi connectivity index (χ0) is 22.9. The molecule has 2 aromatic heterocycles. The van der Waals surface area contributed by atoms with E-state index in [9.17, 15) is 14.0 Å². The normalized spacial score (nSPS) is 18.4. The molecule has 8 heteroatoms. The number of pyridine rings is 1. The van der Waals surface area contributed by atoms with E-state index in [0.717, 1.165) is 37.4 Å². The van der Waals surface area contributed by atoms with Crippen LogP contribution in [0.25, 0.3) is 0 Å². The standard InChI is InChI=1S/C25H26FN5O2/c1-16-5-4-6-18(27-16)14-30-11-9-17(13-30)23-28-22-15-31(12-10-20(22)24(32)29-23)25(33)19-7-2-3-8-21(19)26/h2-8,17H,9-15H2,1H3,(H,28,29,32). The second-order valence-electron chi connectivity index (χ2n) is 8.82. The van der Waals surface area contributed by atoms with Crippen molar-refractivity contribution in [2.75, 3.05) is 19.6 Å². The van der Waals surface area contributed by atoms with Gasteiger partial charge in [0.1, 0.15) is 11.6 Å². The minimum atomic E-state index is -0.540. The van der Waals surface area contributed by atoms with E-state index in [2.05, 4.69) is 14.9 Å². The maximum absolute atomic E-state index is 14.1. The lowest BCUT2D eigenvalue weighted by Gasteiger charge is -2.28. The molecule has 1 N–H and O–H groups in total. The number of hydrogen-bond donors (Lipinski definition) is 1. The molecule has 170 valence electrons. The van der Waals surface area contributed by atoms with Crippen molar-refractivity contribution in [3.63, 3.8) is 0 Å². The lowest BCUT2D eigenvalue weighted by Crippen LogP contribution is -2.40. The van der Waals surface area contributed by atoms with Crippen LogP contribution in [0.15, 0.2) is 47.3 Å². The van der Waals surface area contributed by atoms with Crippen LogP contribution in [0.1, 0.15) is 51.2 Å². The molecule has 0 aliphatic carbocycles. The van der Waals surface area contributed by atoms with Crippen LogP contribution in [0.2, 0.25) is 0 Å². The molecule has 1 amide bonds. The first-order valence-electron chi connectivity index (χ1n) is 11.3. The molecule has 0 radical (unpaired) electrons. The van der Waals surface area contributed by atoms with Crippen molar-refractivity contribution in [3.05, 3.63) is 92.7 Å². The smallest absolute Gasteiger partial charge is 0.257 e. The van der Waals surface area contributed by atoms with Crippen LogP contribution in [-0.4, -0.2) is 50.3 Å². The maximum Gasteiger partial charge on any atom is 0.257 e. The van der Waals surface area contributed by atoms with E-state index in [1.807, 2.05) is 25.1 Å². The average Bonchev–Trinajstić information content (AvgIpc) is 3.27. The highest BCUT2D eigenvalue weighted by atomic mass is 19.1. The molecular formula is C25H26FN5O2. The van der Waals surface area contributed by atoms with Crippen LogP contribution in [-0.2, 0) is 19.5 Å². The number of H-pyrrole nitrogens is 1. The molecule has 1 unspecified atom stereocenters. The fourth-order valence-electron chi connectivity index (χ4n) is 4.75. The molecule has 4 heterocycles. The van der Waals surface area contributed by atoms with Crippen LogP contribution < -0.4 is 5.56 Å². The van der Waals surface area contributed by atoms with E-state index in [4.69, 9.17) is 4.98 Å². The van der Waals surface area contributed by atoms with E-state index < -0.39 is 5.82 Å². The van der Waals surface area contributed by atoms with E-state index in [1.54, 1.807) is 17.0 Å². The minimum absolute atomic E-state index is 0.0437. The first kappa shape index (κ1) is 21.5. The number of carbonyl (C=O) groups excluding carboxylic acids is 1. The number of likely N-dealkylation sites (tertiary alicyclic amines) is 1. The molecule has 0 bridgehead atoms. The first-order valence-corrected chi connectivity index (χ1v) is 11.3. The van der Waals surface area contributed by atoms with Gasteiger partial charge in [0.05, 0.1) is 23.5 Å². The lowest BCUT2D eigenvalue weighted by molar-refractivity contribution is 0.0726. The number of fused-ring (bicyclic) bond motifs is 1. The summed E-state index contributed by atoms with van der Waals surface area (Å²) >= 11 is 0. The molecule has 0 spiro atoms. The average molecular weight is 448 g/mol. The molecule has 2 aliphatic heterocycles. The van der Waals surface area contributed by atoms with Crippen LogP contribution in [0, 0.1) is 12.7 Å². The van der Waals surface area contributed by atoms with Crippen molar-refractivity contribution in [1.82, 2.24) is 24.8 Å². The van der Waals surface area contributed by atoms with Gasteiger partial charge >= 0.3 is 0 Å². The Morgan fingerprint density at radius 1 is 1.15 bits per heavy atom. The van der Waals surface area contributed by atoms with Crippen molar-refractivity contribution in [2.45, 2.75) is 38.8 Å². The number of nitrogens with one attached hydrogen (secondary N) is 1. The second-order valence-corrected chi connectivity index (χ2v) is 8.82. The number of nitrogens with zero attached hydrogens (tertiary/aromatic N) is 4. The van der Waals surface area contributed by atoms with Crippen molar-refractivity contribution >= 4 is 5.91 Å².